The van der Waals surface area contributed by atoms with Crippen molar-refractivity contribution in [2.45, 2.75) is 19.9 Å². The summed E-state index contributed by atoms with van der Waals surface area (Å²) in [6.07, 6.45) is 1.27. The van der Waals surface area contributed by atoms with E-state index in [0.29, 0.717) is 6.61 Å². The van der Waals surface area contributed by atoms with Crippen LogP contribution in [0.25, 0.3) is 0 Å². The summed E-state index contributed by atoms with van der Waals surface area (Å²) in [5, 5.41) is 2.80. The number of rotatable bonds is 5. The largest absolute Gasteiger partial charge is 0.494 e. The lowest BCUT2D eigenvalue weighted by Gasteiger charge is -2.13. The molecule has 1 amide bonds. The van der Waals surface area contributed by atoms with Crippen LogP contribution in [-0.4, -0.2) is 12.5 Å². The van der Waals surface area contributed by atoms with Gasteiger partial charge < -0.3 is 10.1 Å². The third kappa shape index (κ3) is 3.42. The standard InChI is InChI=1S/C13H17NO2/c1-4-13(15)14-10(3)11-6-8-12(9-7-11)16-5-2/h4,6-10H,1,5H2,2-3H3,(H,14,15). The van der Waals surface area contributed by atoms with E-state index >= 15 is 0 Å². The zero-order valence-corrected chi connectivity index (χ0v) is 9.69. The van der Waals surface area contributed by atoms with E-state index in [1.54, 1.807) is 0 Å². The van der Waals surface area contributed by atoms with E-state index in [4.69, 9.17) is 4.74 Å². The molecule has 1 aromatic rings. The second kappa shape index (κ2) is 5.95. The molecule has 0 aromatic heterocycles. The van der Waals surface area contributed by atoms with Gasteiger partial charge in [-0.1, -0.05) is 18.7 Å². The van der Waals surface area contributed by atoms with Crippen LogP contribution in [0.1, 0.15) is 25.5 Å². The van der Waals surface area contributed by atoms with E-state index in [1.165, 1.54) is 6.08 Å². The van der Waals surface area contributed by atoms with Crippen LogP contribution >= 0.6 is 0 Å². The number of amides is 1. The molecular weight excluding hydrogens is 202 g/mol. The van der Waals surface area contributed by atoms with E-state index in [2.05, 4.69) is 11.9 Å². The fourth-order valence-electron chi connectivity index (χ4n) is 1.38. The van der Waals surface area contributed by atoms with Gasteiger partial charge in [-0.15, -0.1) is 0 Å². The third-order valence-electron chi connectivity index (χ3n) is 2.24. The summed E-state index contributed by atoms with van der Waals surface area (Å²) in [5.74, 6) is 0.676. The van der Waals surface area contributed by atoms with Crippen molar-refractivity contribution in [2.24, 2.45) is 0 Å². The normalized spacial score (nSPS) is 11.6. The predicted octanol–water partition coefficient (Wildman–Crippen LogP) is 2.45. The van der Waals surface area contributed by atoms with Gasteiger partial charge in [-0.3, -0.25) is 4.79 Å². The Hall–Kier alpha value is -1.77. The first-order valence-electron chi connectivity index (χ1n) is 5.33. The molecule has 0 saturated carbocycles. The van der Waals surface area contributed by atoms with Gasteiger partial charge >= 0.3 is 0 Å². The maximum atomic E-state index is 11.1. The molecule has 0 bridgehead atoms. The lowest BCUT2D eigenvalue weighted by molar-refractivity contribution is -0.117. The molecule has 1 aromatic carbocycles. The Morgan fingerprint density at radius 2 is 2.12 bits per heavy atom. The van der Waals surface area contributed by atoms with Crippen LogP contribution in [-0.2, 0) is 4.79 Å². The zero-order chi connectivity index (χ0) is 12.0. The first-order valence-corrected chi connectivity index (χ1v) is 5.33. The number of hydrogen-bond donors (Lipinski definition) is 1. The summed E-state index contributed by atoms with van der Waals surface area (Å²) in [5.41, 5.74) is 1.04. The van der Waals surface area contributed by atoms with Crippen molar-refractivity contribution in [3.8, 4) is 5.75 Å². The van der Waals surface area contributed by atoms with E-state index in [1.807, 2.05) is 38.1 Å². The highest BCUT2D eigenvalue weighted by Gasteiger charge is 2.06. The highest BCUT2D eigenvalue weighted by Crippen LogP contribution is 2.17. The number of benzene rings is 1. The fraction of sp³-hybridized carbons (Fsp3) is 0.308. The Kier molecular flexibility index (Phi) is 4.58. The van der Waals surface area contributed by atoms with Crippen LogP contribution in [0.3, 0.4) is 0 Å². The summed E-state index contributed by atoms with van der Waals surface area (Å²) in [4.78, 5) is 11.1. The minimum Gasteiger partial charge on any atom is -0.494 e. The highest BCUT2D eigenvalue weighted by molar-refractivity contribution is 5.87. The van der Waals surface area contributed by atoms with Crippen LogP contribution < -0.4 is 10.1 Å². The van der Waals surface area contributed by atoms with Gasteiger partial charge in [0.15, 0.2) is 0 Å². The molecule has 0 saturated heterocycles. The molecule has 0 radical (unpaired) electrons. The highest BCUT2D eigenvalue weighted by atomic mass is 16.5. The molecule has 1 rings (SSSR count). The average Bonchev–Trinajstić information content (AvgIpc) is 2.30. The van der Waals surface area contributed by atoms with Crippen molar-refractivity contribution in [1.82, 2.24) is 5.32 Å². The quantitative estimate of drug-likeness (QED) is 0.772. The van der Waals surface area contributed by atoms with Crippen LogP contribution in [0.2, 0.25) is 0 Å². The Balaban J connectivity index is 2.65. The number of nitrogens with one attached hydrogen (secondary N) is 1. The molecule has 0 aliphatic heterocycles. The molecule has 86 valence electrons. The Morgan fingerprint density at radius 3 is 2.62 bits per heavy atom. The second-order valence-corrected chi connectivity index (χ2v) is 3.44. The van der Waals surface area contributed by atoms with Crippen molar-refractivity contribution in [1.29, 1.82) is 0 Å². The van der Waals surface area contributed by atoms with Gasteiger partial charge in [-0.25, -0.2) is 0 Å². The smallest absolute Gasteiger partial charge is 0.243 e. The maximum Gasteiger partial charge on any atom is 0.243 e. The molecular formula is C13H17NO2. The minimum atomic E-state index is -0.165. The molecule has 0 spiro atoms. The molecule has 0 aliphatic rings. The minimum absolute atomic E-state index is 0.0267. The van der Waals surface area contributed by atoms with Gasteiger partial charge in [0, 0.05) is 0 Å². The van der Waals surface area contributed by atoms with Gasteiger partial charge in [0.25, 0.3) is 0 Å². The van der Waals surface area contributed by atoms with E-state index in [9.17, 15) is 4.79 Å². The Bertz CT molecular complexity index is 357. The van der Waals surface area contributed by atoms with Crippen molar-refractivity contribution in [2.75, 3.05) is 6.61 Å². The molecule has 3 heteroatoms. The van der Waals surface area contributed by atoms with Gasteiger partial charge in [0.1, 0.15) is 5.75 Å². The van der Waals surface area contributed by atoms with Gasteiger partial charge in [0.2, 0.25) is 5.91 Å². The Morgan fingerprint density at radius 1 is 1.50 bits per heavy atom. The molecule has 0 heterocycles. The summed E-state index contributed by atoms with van der Waals surface area (Å²) >= 11 is 0. The lowest BCUT2D eigenvalue weighted by atomic mass is 10.1. The zero-order valence-electron chi connectivity index (χ0n) is 9.69. The SMILES string of the molecule is C=CC(=O)NC(C)c1ccc(OCC)cc1. The topological polar surface area (TPSA) is 38.3 Å². The number of ether oxygens (including phenoxy) is 1. The molecule has 1 unspecified atom stereocenters. The first-order chi connectivity index (χ1) is 7.67. The number of carbonyl (C=O) groups is 1. The van der Waals surface area contributed by atoms with Crippen molar-refractivity contribution < 1.29 is 9.53 Å². The van der Waals surface area contributed by atoms with Crippen LogP contribution in [0.5, 0.6) is 5.75 Å². The molecule has 0 aliphatic carbocycles. The summed E-state index contributed by atoms with van der Waals surface area (Å²) in [6, 6.07) is 7.66. The number of hydrogen-bond acceptors (Lipinski definition) is 2. The fourth-order valence-corrected chi connectivity index (χ4v) is 1.38. The first kappa shape index (κ1) is 12.3. The molecule has 3 nitrogen and oxygen atoms in total. The van der Waals surface area contributed by atoms with Crippen LogP contribution in [0, 0.1) is 0 Å². The van der Waals surface area contributed by atoms with Crippen molar-refractivity contribution in [3.63, 3.8) is 0 Å². The van der Waals surface area contributed by atoms with Crippen LogP contribution in [0.15, 0.2) is 36.9 Å². The lowest BCUT2D eigenvalue weighted by Crippen LogP contribution is -2.24. The van der Waals surface area contributed by atoms with Gasteiger partial charge in [-0.2, -0.15) is 0 Å². The van der Waals surface area contributed by atoms with Gasteiger partial charge in [0.05, 0.1) is 12.6 Å². The second-order valence-electron chi connectivity index (χ2n) is 3.44. The molecule has 1 N–H and O–H groups in total. The van der Waals surface area contributed by atoms with Crippen LogP contribution in [0.4, 0.5) is 0 Å². The summed E-state index contributed by atoms with van der Waals surface area (Å²) < 4.78 is 5.34. The van der Waals surface area contributed by atoms with E-state index < -0.39 is 0 Å². The van der Waals surface area contributed by atoms with Gasteiger partial charge in [-0.05, 0) is 37.6 Å². The van der Waals surface area contributed by atoms with Crippen molar-refractivity contribution >= 4 is 5.91 Å². The molecule has 1 atom stereocenters. The van der Waals surface area contributed by atoms with E-state index in [-0.39, 0.29) is 11.9 Å². The maximum absolute atomic E-state index is 11.1. The number of carbonyl (C=O) groups excluding carboxylic acids is 1. The molecule has 16 heavy (non-hydrogen) atoms. The Labute approximate surface area is 96.1 Å². The third-order valence-corrected chi connectivity index (χ3v) is 2.24. The van der Waals surface area contributed by atoms with E-state index in [0.717, 1.165) is 11.3 Å². The average molecular weight is 219 g/mol. The predicted molar refractivity (Wildman–Crippen MR) is 64.4 cm³/mol. The monoisotopic (exact) mass is 219 g/mol. The molecule has 0 fully saturated rings. The van der Waals surface area contributed by atoms with Crippen molar-refractivity contribution in [3.05, 3.63) is 42.5 Å². The summed E-state index contributed by atoms with van der Waals surface area (Å²) in [7, 11) is 0. The summed E-state index contributed by atoms with van der Waals surface area (Å²) in [6.45, 7) is 7.94.